The van der Waals surface area contributed by atoms with Gasteiger partial charge in [-0.2, -0.15) is 0 Å². The van der Waals surface area contributed by atoms with E-state index in [-0.39, 0.29) is 0 Å². The summed E-state index contributed by atoms with van der Waals surface area (Å²) in [7, 11) is 0. The van der Waals surface area contributed by atoms with Crippen LogP contribution < -0.4 is 0 Å². The Balaban J connectivity index is 1.21. The molecule has 56 heavy (non-hydrogen) atoms. The number of furan rings is 1. The molecule has 0 aliphatic carbocycles. The lowest BCUT2D eigenvalue weighted by Crippen LogP contribution is -2.20. The number of rotatable bonds is 7. The average molecular weight is 720 g/mol. The van der Waals surface area contributed by atoms with Crippen LogP contribution in [0.4, 0.5) is 0 Å². The van der Waals surface area contributed by atoms with Crippen LogP contribution in [0.3, 0.4) is 0 Å². The Morgan fingerprint density at radius 1 is 0.411 bits per heavy atom. The molecular formula is C50H33N5O. The maximum atomic E-state index is 6.22. The first kappa shape index (κ1) is 33.0. The summed E-state index contributed by atoms with van der Waals surface area (Å²) in [4.78, 5) is 25.7. The van der Waals surface area contributed by atoms with E-state index in [9.17, 15) is 0 Å². The minimum absolute atomic E-state index is 0.445. The lowest BCUT2D eigenvalue weighted by molar-refractivity contribution is 0.669. The zero-order valence-corrected chi connectivity index (χ0v) is 30.2. The number of fused-ring (bicyclic) bond motifs is 3. The minimum atomic E-state index is -0.445. The Labute approximate surface area is 324 Å². The zero-order chi connectivity index (χ0) is 37.4. The van der Waals surface area contributed by atoms with Crippen LogP contribution in [-0.4, -0.2) is 26.5 Å². The van der Waals surface area contributed by atoms with Gasteiger partial charge in [-0.15, -0.1) is 0 Å². The lowest BCUT2D eigenvalue weighted by atomic mass is 9.88. The van der Waals surface area contributed by atoms with E-state index in [2.05, 4.69) is 55.1 Å². The van der Waals surface area contributed by atoms with Gasteiger partial charge in [-0.05, 0) is 53.1 Å². The first-order valence-corrected chi connectivity index (χ1v) is 18.5. The lowest BCUT2D eigenvalue weighted by Gasteiger charge is -2.25. The number of hydrogen-bond acceptors (Lipinski definition) is 6. The molecule has 0 saturated heterocycles. The number of hydrogen-bond donors (Lipinski definition) is 0. The molecule has 0 amide bonds. The topological polar surface area (TPSA) is 76.5 Å². The van der Waals surface area contributed by atoms with Crippen molar-refractivity contribution >= 4 is 33.5 Å². The highest BCUT2D eigenvalue weighted by Crippen LogP contribution is 2.39. The molecule has 2 aromatic heterocycles. The van der Waals surface area contributed by atoms with Gasteiger partial charge in [0.1, 0.15) is 17.2 Å². The Morgan fingerprint density at radius 2 is 0.929 bits per heavy atom. The number of amidine groups is 1. The quantitative estimate of drug-likeness (QED) is 0.164. The van der Waals surface area contributed by atoms with E-state index < -0.39 is 6.04 Å². The number of benzene rings is 7. The standard InChI is InChI=1S/C50H33N5O/c1-32-45(33-16-6-2-7-17-33)51-47(34-18-8-3-9-19-34)52-46(32)39-28-38(37-26-27-44-42(31-37)41-24-14-15-25-43(41)56-44)29-40(30-39)50-54-48(35-20-10-4-11-21-35)53-49(55-50)36-22-12-5-13-23-36/h2-31,46H,1H2. The SMILES string of the molecule is C=C1C(c2ccccc2)=NC(c2ccccc2)=NC1c1cc(-c2ccc3oc4ccccc4c3c2)cc(-c2nc(-c3ccccc3)nc(-c3ccccc3)n2)c1. The molecule has 0 bridgehead atoms. The van der Waals surface area contributed by atoms with E-state index in [1.165, 1.54) is 0 Å². The van der Waals surface area contributed by atoms with Gasteiger partial charge in [0.05, 0.1) is 5.71 Å². The Bertz CT molecular complexity index is 2910. The van der Waals surface area contributed by atoms with Gasteiger partial charge in [0, 0.05) is 44.2 Å². The average Bonchev–Trinajstić information content (AvgIpc) is 3.65. The summed E-state index contributed by atoms with van der Waals surface area (Å²) >= 11 is 0. The molecular weight excluding hydrogens is 687 g/mol. The third-order valence-electron chi connectivity index (χ3n) is 10.1. The molecule has 7 aromatic carbocycles. The second-order valence-corrected chi connectivity index (χ2v) is 13.8. The molecule has 0 saturated carbocycles. The van der Waals surface area contributed by atoms with E-state index in [0.29, 0.717) is 23.3 Å². The normalized spacial score (nSPS) is 14.1. The predicted octanol–water partition coefficient (Wildman–Crippen LogP) is 12.0. The largest absolute Gasteiger partial charge is 0.456 e. The van der Waals surface area contributed by atoms with E-state index in [1.807, 2.05) is 133 Å². The molecule has 0 N–H and O–H groups in total. The highest BCUT2D eigenvalue weighted by molar-refractivity contribution is 6.21. The maximum absolute atomic E-state index is 6.22. The number of aliphatic imine (C=N–C) groups is 2. The van der Waals surface area contributed by atoms with Gasteiger partial charge in [-0.3, -0.25) is 4.99 Å². The third-order valence-corrected chi connectivity index (χ3v) is 10.1. The number of nitrogens with zero attached hydrogens (tertiary/aromatic N) is 5. The van der Waals surface area contributed by atoms with Gasteiger partial charge < -0.3 is 4.42 Å². The molecule has 9 aromatic rings. The van der Waals surface area contributed by atoms with Crippen LogP contribution in [0.25, 0.3) is 67.2 Å². The van der Waals surface area contributed by atoms with Gasteiger partial charge in [0.15, 0.2) is 23.3 Å². The molecule has 3 heterocycles. The van der Waals surface area contributed by atoms with Gasteiger partial charge in [0.2, 0.25) is 0 Å². The van der Waals surface area contributed by atoms with Gasteiger partial charge >= 0.3 is 0 Å². The monoisotopic (exact) mass is 719 g/mol. The highest BCUT2D eigenvalue weighted by atomic mass is 16.3. The molecule has 1 aliphatic rings. The second-order valence-electron chi connectivity index (χ2n) is 13.8. The fourth-order valence-electron chi connectivity index (χ4n) is 7.33. The van der Waals surface area contributed by atoms with Gasteiger partial charge in [0.25, 0.3) is 0 Å². The van der Waals surface area contributed by atoms with Crippen molar-refractivity contribution < 1.29 is 4.42 Å². The first-order valence-electron chi connectivity index (χ1n) is 18.5. The van der Waals surface area contributed by atoms with Gasteiger partial charge in [-0.25, -0.2) is 19.9 Å². The van der Waals surface area contributed by atoms with Crippen LogP contribution in [0.1, 0.15) is 22.7 Å². The fraction of sp³-hybridized carbons (Fsp3) is 0.0200. The molecule has 264 valence electrons. The summed E-state index contributed by atoms with van der Waals surface area (Å²) in [6, 6.07) is 61.0. The van der Waals surface area contributed by atoms with Crippen LogP contribution in [0.2, 0.25) is 0 Å². The molecule has 1 atom stereocenters. The van der Waals surface area contributed by atoms with E-state index in [4.69, 9.17) is 29.4 Å². The highest BCUT2D eigenvalue weighted by Gasteiger charge is 2.27. The van der Waals surface area contributed by atoms with Crippen molar-refractivity contribution in [2.75, 3.05) is 0 Å². The van der Waals surface area contributed by atoms with Crippen LogP contribution in [0.15, 0.2) is 209 Å². The van der Waals surface area contributed by atoms with Crippen molar-refractivity contribution in [3.05, 3.63) is 211 Å². The van der Waals surface area contributed by atoms with Crippen LogP contribution in [0, 0.1) is 0 Å². The van der Waals surface area contributed by atoms with Crippen molar-refractivity contribution in [1.82, 2.24) is 15.0 Å². The summed E-state index contributed by atoms with van der Waals surface area (Å²) in [5.41, 5.74) is 10.8. The molecule has 1 aliphatic heterocycles. The van der Waals surface area contributed by atoms with E-state index in [1.54, 1.807) is 0 Å². The second kappa shape index (κ2) is 14.0. The fourth-order valence-corrected chi connectivity index (χ4v) is 7.33. The minimum Gasteiger partial charge on any atom is -0.456 e. The Kier molecular flexibility index (Phi) is 8.26. The smallest absolute Gasteiger partial charge is 0.164 e. The summed E-state index contributed by atoms with van der Waals surface area (Å²) in [5.74, 6) is 2.40. The third kappa shape index (κ3) is 6.19. The van der Waals surface area contributed by atoms with Crippen molar-refractivity contribution in [2.45, 2.75) is 6.04 Å². The molecule has 1 unspecified atom stereocenters. The van der Waals surface area contributed by atoms with Crippen LogP contribution in [0.5, 0.6) is 0 Å². The van der Waals surface area contributed by atoms with E-state index in [0.717, 1.165) is 77.7 Å². The molecule has 6 nitrogen and oxygen atoms in total. The first-order chi connectivity index (χ1) is 27.6. The van der Waals surface area contributed by atoms with Crippen molar-refractivity contribution in [2.24, 2.45) is 9.98 Å². The van der Waals surface area contributed by atoms with Crippen LogP contribution in [-0.2, 0) is 0 Å². The van der Waals surface area contributed by atoms with Gasteiger partial charge in [-0.1, -0.05) is 152 Å². The Morgan fingerprint density at radius 3 is 1.57 bits per heavy atom. The van der Waals surface area contributed by atoms with Crippen LogP contribution >= 0.6 is 0 Å². The maximum Gasteiger partial charge on any atom is 0.164 e. The molecule has 0 spiro atoms. The zero-order valence-electron chi connectivity index (χ0n) is 30.2. The van der Waals surface area contributed by atoms with Crippen molar-refractivity contribution in [3.8, 4) is 45.3 Å². The number of para-hydroxylation sites is 1. The summed E-state index contributed by atoms with van der Waals surface area (Å²) < 4.78 is 6.22. The van der Waals surface area contributed by atoms with E-state index >= 15 is 0 Å². The summed E-state index contributed by atoms with van der Waals surface area (Å²) in [6.45, 7) is 4.65. The number of aromatic nitrogens is 3. The van der Waals surface area contributed by atoms with Crippen molar-refractivity contribution in [3.63, 3.8) is 0 Å². The molecule has 6 heteroatoms. The van der Waals surface area contributed by atoms with Crippen molar-refractivity contribution in [1.29, 1.82) is 0 Å². The predicted molar refractivity (Wildman–Crippen MR) is 227 cm³/mol. The molecule has 10 rings (SSSR count). The summed E-state index contributed by atoms with van der Waals surface area (Å²) in [5, 5.41) is 2.12. The Hall–Kier alpha value is -7.57. The summed E-state index contributed by atoms with van der Waals surface area (Å²) in [6.07, 6.45) is 0. The molecule has 0 fully saturated rings. The molecule has 0 radical (unpaired) electrons.